The summed E-state index contributed by atoms with van der Waals surface area (Å²) in [4.78, 5) is 15.8. The molecule has 0 bridgehead atoms. The summed E-state index contributed by atoms with van der Waals surface area (Å²) in [6.45, 7) is 3.93. The highest BCUT2D eigenvalue weighted by Gasteiger charge is 2.06. The van der Waals surface area contributed by atoms with Crippen molar-refractivity contribution in [3.8, 4) is 6.07 Å². The van der Waals surface area contributed by atoms with E-state index in [-0.39, 0.29) is 5.91 Å². The molecule has 2 rings (SSSR count). The lowest BCUT2D eigenvalue weighted by Gasteiger charge is -2.08. The Morgan fingerprint density at radius 2 is 2.14 bits per heavy atom. The molecule has 2 aromatic rings. The van der Waals surface area contributed by atoms with E-state index < -0.39 is 0 Å². The average Bonchev–Trinajstić information content (AvgIpc) is 2.53. The van der Waals surface area contributed by atoms with Crippen LogP contribution in [0.1, 0.15) is 16.1 Å². The summed E-state index contributed by atoms with van der Waals surface area (Å²) in [5.41, 5.74) is 2.39. The normalized spacial score (nSPS) is 9.48. The van der Waals surface area contributed by atoms with E-state index in [1.165, 1.54) is 0 Å². The molecule has 21 heavy (non-hydrogen) atoms. The van der Waals surface area contributed by atoms with E-state index in [0.717, 1.165) is 11.4 Å². The summed E-state index contributed by atoms with van der Waals surface area (Å²) in [5.74, 6) is -0.260. The first kappa shape index (κ1) is 14.3. The van der Waals surface area contributed by atoms with Crippen LogP contribution in [0.4, 0.5) is 11.4 Å². The Labute approximate surface area is 122 Å². The Balaban J connectivity index is 2.15. The second-order valence-electron chi connectivity index (χ2n) is 4.25. The second-order valence-corrected chi connectivity index (χ2v) is 4.25. The average molecular weight is 278 g/mol. The van der Waals surface area contributed by atoms with E-state index in [1.807, 2.05) is 6.07 Å². The number of anilines is 2. The summed E-state index contributed by atoms with van der Waals surface area (Å²) >= 11 is 0. The number of nitriles is 1. The van der Waals surface area contributed by atoms with E-state index in [1.54, 1.807) is 42.6 Å². The highest BCUT2D eigenvalue weighted by Crippen LogP contribution is 2.17. The third-order valence-corrected chi connectivity index (χ3v) is 2.68. The molecule has 0 aliphatic heterocycles. The van der Waals surface area contributed by atoms with Gasteiger partial charge in [-0.25, -0.2) is 0 Å². The van der Waals surface area contributed by atoms with Gasteiger partial charge >= 0.3 is 0 Å². The minimum absolute atomic E-state index is 0.260. The largest absolute Gasteiger partial charge is 0.355 e. The molecule has 5 heteroatoms. The number of hydrogen-bond donors (Lipinski definition) is 2. The van der Waals surface area contributed by atoms with Crippen molar-refractivity contribution in [2.24, 2.45) is 0 Å². The smallest absolute Gasteiger partial charge is 0.270 e. The third-order valence-electron chi connectivity index (χ3n) is 2.68. The second kappa shape index (κ2) is 6.87. The molecule has 2 N–H and O–H groups in total. The lowest BCUT2D eigenvalue weighted by molar-refractivity contribution is 0.0953. The molecule has 0 radical (unpaired) electrons. The Bertz CT molecular complexity index is 703. The molecular formula is C16H14N4O. The van der Waals surface area contributed by atoms with Gasteiger partial charge in [0.05, 0.1) is 11.6 Å². The van der Waals surface area contributed by atoms with Gasteiger partial charge in [0.2, 0.25) is 0 Å². The van der Waals surface area contributed by atoms with Gasteiger partial charge in [-0.15, -0.1) is 6.58 Å². The predicted octanol–water partition coefficient (Wildman–Crippen LogP) is 2.61. The number of amides is 1. The van der Waals surface area contributed by atoms with Crippen molar-refractivity contribution in [1.82, 2.24) is 10.3 Å². The van der Waals surface area contributed by atoms with Gasteiger partial charge < -0.3 is 10.6 Å². The van der Waals surface area contributed by atoms with E-state index >= 15 is 0 Å². The quantitative estimate of drug-likeness (QED) is 0.824. The number of benzene rings is 1. The maximum atomic E-state index is 11.8. The standard InChI is InChI=1S/C16H14N4O/c1-2-7-19-16(21)15-10-14(6-8-18-15)20-13-5-3-4-12(9-13)11-17/h2-6,8-10H,1,7H2,(H,18,20)(H,19,21). The first-order valence-corrected chi connectivity index (χ1v) is 6.35. The topological polar surface area (TPSA) is 77.8 Å². The Morgan fingerprint density at radius 1 is 1.33 bits per heavy atom. The van der Waals surface area contributed by atoms with Crippen molar-refractivity contribution in [3.63, 3.8) is 0 Å². The zero-order valence-electron chi connectivity index (χ0n) is 11.3. The van der Waals surface area contributed by atoms with Crippen LogP contribution in [0.25, 0.3) is 0 Å². The zero-order valence-corrected chi connectivity index (χ0v) is 11.3. The molecule has 0 unspecified atom stereocenters. The van der Waals surface area contributed by atoms with Crippen LogP contribution in [0.3, 0.4) is 0 Å². The van der Waals surface area contributed by atoms with Crippen LogP contribution in [0.15, 0.2) is 55.3 Å². The molecule has 1 heterocycles. The third kappa shape index (κ3) is 3.91. The molecule has 104 valence electrons. The number of carbonyl (C=O) groups is 1. The van der Waals surface area contributed by atoms with Crippen molar-refractivity contribution in [2.75, 3.05) is 11.9 Å². The fourth-order valence-electron chi connectivity index (χ4n) is 1.72. The van der Waals surface area contributed by atoms with Crippen LogP contribution < -0.4 is 10.6 Å². The van der Waals surface area contributed by atoms with Crippen LogP contribution >= 0.6 is 0 Å². The number of pyridine rings is 1. The van der Waals surface area contributed by atoms with Gasteiger partial charge in [0.25, 0.3) is 5.91 Å². The Kier molecular flexibility index (Phi) is 4.67. The number of nitrogens with zero attached hydrogens (tertiary/aromatic N) is 2. The van der Waals surface area contributed by atoms with Crippen LogP contribution in [-0.4, -0.2) is 17.4 Å². The molecule has 0 atom stereocenters. The number of carbonyl (C=O) groups excluding carboxylic acids is 1. The van der Waals surface area contributed by atoms with Gasteiger partial charge in [-0.2, -0.15) is 5.26 Å². The first-order chi connectivity index (χ1) is 10.2. The molecule has 0 aliphatic carbocycles. The summed E-state index contributed by atoms with van der Waals surface area (Å²) in [6.07, 6.45) is 3.16. The van der Waals surface area contributed by atoms with Crippen molar-refractivity contribution >= 4 is 17.3 Å². The molecule has 0 aliphatic rings. The van der Waals surface area contributed by atoms with Gasteiger partial charge in [0.1, 0.15) is 5.69 Å². The molecule has 1 amide bonds. The molecule has 1 aromatic carbocycles. The lowest BCUT2D eigenvalue weighted by Crippen LogP contribution is -2.24. The zero-order chi connectivity index (χ0) is 15.1. The molecular weight excluding hydrogens is 264 g/mol. The maximum absolute atomic E-state index is 11.8. The van der Waals surface area contributed by atoms with Crippen molar-refractivity contribution in [2.45, 2.75) is 0 Å². The first-order valence-electron chi connectivity index (χ1n) is 6.35. The fraction of sp³-hybridized carbons (Fsp3) is 0.0625. The highest BCUT2D eigenvalue weighted by atomic mass is 16.1. The van der Waals surface area contributed by atoms with Crippen LogP contribution in [0.2, 0.25) is 0 Å². The van der Waals surface area contributed by atoms with Crippen LogP contribution in [0.5, 0.6) is 0 Å². The number of hydrogen-bond acceptors (Lipinski definition) is 4. The summed E-state index contributed by atoms with van der Waals surface area (Å²) < 4.78 is 0. The van der Waals surface area contributed by atoms with E-state index in [4.69, 9.17) is 5.26 Å². The van der Waals surface area contributed by atoms with Gasteiger partial charge in [-0.3, -0.25) is 9.78 Å². The minimum atomic E-state index is -0.260. The molecule has 1 aromatic heterocycles. The molecule has 0 spiro atoms. The Hall–Kier alpha value is -3.13. The Morgan fingerprint density at radius 3 is 2.90 bits per heavy atom. The van der Waals surface area contributed by atoms with Gasteiger partial charge in [0, 0.05) is 24.1 Å². The number of nitrogens with one attached hydrogen (secondary N) is 2. The molecule has 0 saturated heterocycles. The lowest BCUT2D eigenvalue weighted by atomic mass is 10.2. The fourth-order valence-corrected chi connectivity index (χ4v) is 1.72. The van der Waals surface area contributed by atoms with E-state index in [2.05, 4.69) is 28.3 Å². The predicted molar refractivity (Wildman–Crippen MR) is 81.2 cm³/mol. The van der Waals surface area contributed by atoms with E-state index in [0.29, 0.717) is 17.8 Å². The monoisotopic (exact) mass is 278 g/mol. The molecule has 0 saturated carbocycles. The highest BCUT2D eigenvalue weighted by molar-refractivity contribution is 5.93. The summed E-state index contributed by atoms with van der Waals surface area (Å²) in [6, 6.07) is 12.6. The van der Waals surface area contributed by atoms with Crippen molar-refractivity contribution in [3.05, 3.63) is 66.5 Å². The van der Waals surface area contributed by atoms with E-state index in [9.17, 15) is 4.79 Å². The van der Waals surface area contributed by atoms with Crippen molar-refractivity contribution in [1.29, 1.82) is 5.26 Å². The summed E-state index contributed by atoms with van der Waals surface area (Å²) in [7, 11) is 0. The van der Waals surface area contributed by atoms with Crippen LogP contribution in [-0.2, 0) is 0 Å². The molecule has 0 fully saturated rings. The van der Waals surface area contributed by atoms with Gasteiger partial charge in [0.15, 0.2) is 0 Å². The number of rotatable bonds is 5. The van der Waals surface area contributed by atoms with Crippen molar-refractivity contribution < 1.29 is 4.79 Å². The SMILES string of the molecule is C=CCNC(=O)c1cc(Nc2cccc(C#N)c2)ccn1. The number of aromatic nitrogens is 1. The molecule has 5 nitrogen and oxygen atoms in total. The van der Waals surface area contributed by atoms with Gasteiger partial charge in [-0.1, -0.05) is 12.1 Å². The maximum Gasteiger partial charge on any atom is 0.270 e. The minimum Gasteiger partial charge on any atom is -0.355 e. The summed E-state index contributed by atoms with van der Waals surface area (Å²) in [5, 5.41) is 14.7. The van der Waals surface area contributed by atoms with Gasteiger partial charge in [-0.05, 0) is 30.3 Å². The van der Waals surface area contributed by atoms with Crippen LogP contribution in [0, 0.1) is 11.3 Å².